The number of ether oxygens (including phenoxy) is 2. The molecule has 1 aromatic carbocycles. The smallest absolute Gasteiger partial charge is 0.254 e. The van der Waals surface area contributed by atoms with Crippen molar-refractivity contribution in [3.05, 3.63) is 29.6 Å². The number of rotatable bonds is 8. The van der Waals surface area contributed by atoms with Crippen LogP contribution in [0.4, 0.5) is 4.39 Å². The largest absolute Gasteiger partial charge is 0.505 e. The first-order chi connectivity index (χ1) is 11.1. The summed E-state index contributed by atoms with van der Waals surface area (Å²) in [6, 6.07) is 3.95. The minimum absolute atomic E-state index is 0.224. The van der Waals surface area contributed by atoms with E-state index in [1.54, 1.807) is 19.1 Å². The van der Waals surface area contributed by atoms with Gasteiger partial charge in [-0.05, 0) is 18.2 Å². The molecule has 7 heteroatoms. The predicted octanol–water partition coefficient (Wildman–Crippen LogP) is 0.951. The summed E-state index contributed by atoms with van der Waals surface area (Å²) in [5, 5.41) is 9.18. The molecule has 1 saturated heterocycles. The Kier molecular flexibility index (Phi) is 6.32. The summed E-state index contributed by atoms with van der Waals surface area (Å²) in [6.07, 6.45) is 0. The zero-order valence-electron chi connectivity index (χ0n) is 13.5. The van der Waals surface area contributed by atoms with Crippen molar-refractivity contribution < 1.29 is 23.8 Å². The number of aromatic hydroxyl groups is 1. The Morgan fingerprint density at radius 1 is 1.30 bits per heavy atom. The van der Waals surface area contributed by atoms with Gasteiger partial charge in [-0.2, -0.15) is 0 Å². The zero-order valence-corrected chi connectivity index (χ0v) is 13.5. The van der Waals surface area contributed by atoms with Crippen molar-refractivity contribution in [2.45, 2.75) is 6.04 Å². The molecule has 1 amide bonds. The molecule has 1 heterocycles. The van der Waals surface area contributed by atoms with E-state index in [1.807, 2.05) is 0 Å². The molecule has 0 aliphatic carbocycles. The lowest BCUT2D eigenvalue weighted by atomic mass is 10.0. The molecule has 0 radical (unpaired) electrons. The van der Waals surface area contributed by atoms with Crippen LogP contribution >= 0.6 is 0 Å². The summed E-state index contributed by atoms with van der Waals surface area (Å²) in [5.41, 5.74) is 0.249. The predicted molar refractivity (Wildman–Crippen MR) is 83.1 cm³/mol. The lowest BCUT2D eigenvalue weighted by molar-refractivity contribution is 0.00935. The van der Waals surface area contributed by atoms with E-state index in [2.05, 4.69) is 4.90 Å². The van der Waals surface area contributed by atoms with Crippen LogP contribution in [0.1, 0.15) is 10.4 Å². The number of phenolic OH excluding ortho intramolecular Hbond substituents is 1. The van der Waals surface area contributed by atoms with E-state index in [9.17, 15) is 14.3 Å². The number of benzene rings is 1. The molecular formula is C16H23FN2O4. The number of amides is 1. The van der Waals surface area contributed by atoms with Crippen molar-refractivity contribution in [1.29, 1.82) is 0 Å². The van der Waals surface area contributed by atoms with Gasteiger partial charge in [-0.25, -0.2) is 4.39 Å². The topological polar surface area (TPSA) is 62.2 Å². The average molecular weight is 326 g/mol. The first-order valence-electron chi connectivity index (χ1n) is 7.56. The summed E-state index contributed by atoms with van der Waals surface area (Å²) in [4.78, 5) is 16.2. The van der Waals surface area contributed by atoms with Crippen molar-refractivity contribution >= 4 is 5.91 Å². The SMILES string of the molecule is COCCN(CCOC)C1CN(C(=O)c2ccc(O)c(F)c2)C1. The third kappa shape index (κ3) is 4.40. The van der Waals surface area contributed by atoms with Gasteiger partial charge in [0.1, 0.15) is 0 Å². The lowest BCUT2D eigenvalue weighted by Crippen LogP contribution is -2.62. The second-order valence-electron chi connectivity index (χ2n) is 5.55. The summed E-state index contributed by atoms with van der Waals surface area (Å²) >= 11 is 0. The monoisotopic (exact) mass is 326 g/mol. The van der Waals surface area contributed by atoms with Gasteiger partial charge in [0.25, 0.3) is 5.91 Å². The molecule has 0 atom stereocenters. The van der Waals surface area contributed by atoms with Crippen LogP contribution in [0.25, 0.3) is 0 Å². The van der Waals surface area contributed by atoms with Crippen molar-refractivity contribution in [1.82, 2.24) is 9.80 Å². The first kappa shape index (κ1) is 17.7. The van der Waals surface area contributed by atoms with Crippen LogP contribution in [0.3, 0.4) is 0 Å². The fourth-order valence-corrected chi connectivity index (χ4v) is 2.57. The van der Waals surface area contributed by atoms with Gasteiger partial charge in [-0.15, -0.1) is 0 Å². The zero-order chi connectivity index (χ0) is 16.8. The molecule has 0 unspecified atom stereocenters. The molecule has 128 valence electrons. The molecule has 23 heavy (non-hydrogen) atoms. The second kappa shape index (κ2) is 8.24. The van der Waals surface area contributed by atoms with E-state index in [0.29, 0.717) is 26.3 Å². The highest BCUT2D eigenvalue weighted by molar-refractivity contribution is 5.95. The molecule has 0 saturated carbocycles. The number of likely N-dealkylation sites (tertiary alicyclic amines) is 1. The van der Waals surface area contributed by atoms with Gasteiger partial charge in [0.2, 0.25) is 0 Å². The van der Waals surface area contributed by atoms with E-state index in [-0.39, 0.29) is 17.5 Å². The van der Waals surface area contributed by atoms with Crippen molar-refractivity contribution in [2.24, 2.45) is 0 Å². The summed E-state index contributed by atoms with van der Waals surface area (Å²) in [6.45, 7) is 3.99. The second-order valence-corrected chi connectivity index (χ2v) is 5.55. The summed E-state index contributed by atoms with van der Waals surface area (Å²) < 4.78 is 23.6. The lowest BCUT2D eigenvalue weighted by Gasteiger charge is -2.45. The van der Waals surface area contributed by atoms with E-state index >= 15 is 0 Å². The fraction of sp³-hybridized carbons (Fsp3) is 0.562. The maximum absolute atomic E-state index is 13.4. The highest BCUT2D eigenvalue weighted by Crippen LogP contribution is 2.21. The maximum atomic E-state index is 13.4. The Balaban J connectivity index is 1.90. The first-order valence-corrected chi connectivity index (χ1v) is 7.56. The fourth-order valence-electron chi connectivity index (χ4n) is 2.57. The number of phenols is 1. The Morgan fingerprint density at radius 3 is 2.43 bits per heavy atom. The van der Waals surface area contributed by atoms with Crippen LogP contribution in [-0.2, 0) is 9.47 Å². The van der Waals surface area contributed by atoms with Gasteiger partial charge in [0, 0.05) is 52.0 Å². The van der Waals surface area contributed by atoms with Gasteiger partial charge in [-0.3, -0.25) is 9.69 Å². The molecule has 1 aromatic rings. The normalized spacial score (nSPS) is 15.0. The Morgan fingerprint density at radius 2 is 1.91 bits per heavy atom. The van der Waals surface area contributed by atoms with E-state index in [4.69, 9.17) is 9.47 Å². The van der Waals surface area contributed by atoms with Gasteiger partial charge in [0.05, 0.1) is 13.2 Å². The molecule has 0 aromatic heterocycles. The number of methoxy groups -OCH3 is 2. The molecule has 6 nitrogen and oxygen atoms in total. The minimum atomic E-state index is -0.783. The minimum Gasteiger partial charge on any atom is -0.505 e. The number of carbonyl (C=O) groups is 1. The third-order valence-electron chi connectivity index (χ3n) is 4.03. The molecule has 0 bridgehead atoms. The van der Waals surface area contributed by atoms with Crippen LogP contribution in [0, 0.1) is 5.82 Å². The Labute approximate surface area is 135 Å². The maximum Gasteiger partial charge on any atom is 0.254 e. The van der Waals surface area contributed by atoms with Crippen molar-refractivity contribution in [2.75, 3.05) is 53.6 Å². The van der Waals surface area contributed by atoms with Gasteiger partial charge < -0.3 is 19.5 Å². The van der Waals surface area contributed by atoms with Crippen LogP contribution < -0.4 is 0 Å². The third-order valence-corrected chi connectivity index (χ3v) is 4.03. The number of hydrogen-bond donors (Lipinski definition) is 1. The number of halogens is 1. The van der Waals surface area contributed by atoms with Crippen LogP contribution in [0.5, 0.6) is 5.75 Å². The Hall–Kier alpha value is -1.70. The van der Waals surface area contributed by atoms with E-state index < -0.39 is 11.6 Å². The number of nitrogens with zero attached hydrogens (tertiary/aromatic N) is 2. The van der Waals surface area contributed by atoms with Gasteiger partial charge in [-0.1, -0.05) is 0 Å². The molecule has 1 fully saturated rings. The number of hydrogen-bond acceptors (Lipinski definition) is 5. The molecule has 1 aliphatic rings. The Bertz CT molecular complexity index is 527. The molecule has 1 N–H and O–H groups in total. The highest BCUT2D eigenvalue weighted by Gasteiger charge is 2.35. The standard InChI is InChI=1S/C16H23FN2O4/c1-22-7-5-18(6-8-23-2)13-10-19(11-13)16(21)12-3-4-15(20)14(17)9-12/h3-4,9,13,20H,5-8,10-11H2,1-2H3. The summed E-state index contributed by atoms with van der Waals surface area (Å²) in [5.74, 6) is -1.46. The molecule has 1 aliphatic heterocycles. The van der Waals surface area contributed by atoms with Crippen molar-refractivity contribution in [3.8, 4) is 5.75 Å². The average Bonchev–Trinajstić information content (AvgIpc) is 2.50. The van der Waals surface area contributed by atoms with Crippen LogP contribution in [0.2, 0.25) is 0 Å². The van der Waals surface area contributed by atoms with E-state index in [0.717, 1.165) is 19.2 Å². The quantitative estimate of drug-likeness (QED) is 0.771. The highest BCUT2D eigenvalue weighted by atomic mass is 19.1. The van der Waals surface area contributed by atoms with Crippen LogP contribution in [-0.4, -0.2) is 80.5 Å². The van der Waals surface area contributed by atoms with Gasteiger partial charge >= 0.3 is 0 Å². The van der Waals surface area contributed by atoms with Crippen LogP contribution in [0.15, 0.2) is 18.2 Å². The summed E-state index contributed by atoms with van der Waals surface area (Å²) in [7, 11) is 3.31. The number of carbonyl (C=O) groups excluding carboxylic acids is 1. The van der Waals surface area contributed by atoms with Crippen molar-refractivity contribution in [3.63, 3.8) is 0 Å². The molecule has 0 spiro atoms. The van der Waals surface area contributed by atoms with E-state index in [1.165, 1.54) is 12.1 Å². The van der Waals surface area contributed by atoms with Gasteiger partial charge in [0.15, 0.2) is 11.6 Å². The molecular weight excluding hydrogens is 303 g/mol. The molecule has 2 rings (SSSR count).